The van der Waals surface area contributed by atoms with Gasteiger partial charge in [0.05, 0.1) is 31.5 Å². The second-order valence-corrected chi connectivity index (χ2v) is 6.62. The van der Waals surface area contributed by atoms with Gasteiger partial charge in [-0.15, -0.1) is 0 Å². The topological polar surface area (TPSA) is 77.5 Å². The molecule has 0 spiro atoms. The largest absolute Gasteiger partial charge is 0.497 e. The summed E-state index contributed by atoms with van der Waals surface area (Å²) in [5, 5.41) is 7.67. The molecule has 1 aliphatic rings. The van der Waals surface area contributed by atoms with Crippen molar-refractivity contribution in [3.8, 4) is 11.5 Å². The Morgan fingerprint density at radius 3 is 2.79 bits per heavy atom. The first-order chi connectivity index (χ1) is 13.8. The predicted octanol–water partition coefficient (Wildman–Crippen LogP) is 3.98. The zero-order valence-corrected chi connectivity index (χ0v) is 16.1. The maximum atomic E-state index is 5.72. The summed E-state index contributed by atoms with van der Waals surface area (Å²) in [6, 6.07) is 13.5. The molecular formula is C21H24N4O3. The first kappa shape index (κ1) is 18.3. The van der Waals surface area contributed by atoms with E-state index in [0.717, 1.165) is 54.2 Å². The third-order valence-electron chi connectivity index (χ3n) is 4.78. The van der Waals surface area contributed by atoms with Gasteiger partial charge < -0.3 is 24.8 Å². The Hall–Kier alpha value is -3.06. The lowest BCUT2D eigenvalue weighted by Crippen LogP contribution is -2.19. The molecule has 1 aromatic heterocycles. The molecule has 1 fully saturated rings. The number of hydrogen-bond acceptors (Lipinski definition) is 7. The highest BCUT2D eigenvalue weighted by Crippen LogP contribution is 2.32. The Balaban J connectivity index is 1.65. The molecule has 7 nitrogen and oxygen atoms in total. The fraction of sp³-hybridized carbons (Fsp3) is 0.333. The Morgan fingerprint density at radius 1 is 1.11 bits per heavy atom. The molecule has 28 heavy (non-hydrogen) atoms. The van der Waals surface area contributed by atoms with Crippen LogP contribution in [0.1, 0.15) is 12.8 Å². The van der Waals surface area contributed by atoms with E-state index >= 15 is 0 Å². The fourth-order valence-corrected chi connectivity index (χ4v) is 3.32. The number of methoxy groups -OCH3 is 2. The van der Waals surface area contributed by atoms with Crippen molar-refractivity contribution in [3.05, 3.63) is 42.5 Å². The van der Waals surface area contributed by atoms with Crippen molar-refractivity contribution in [2.24, 2.45) is 0 Å². The third kappa shape index (κ3) is 3.94. The lowest BCUT2D eigenvalue weighted by atomic mass is 10.2. The smallest absolute Gasteiger partial charge is 0.229 e. The summed E-state index contributed by atoms with van der Waals surface area (Å²) in [5.41, 5.74) is 1.60. The van der Waals surface area contributed by atoms with Gasteiger partial charge in [0.1, 0.15) is 17.3 Å². The van der Waals surface area contributed by atoms with Crippen molar-refractivity contribution < 1.29 is 14.2 Å². The van der Waals surface area contributed by atoms with Crippen LogP contribution >= 0.6 is 0 Å². The molecule has 2 N–H and O–H groups in total. The summed E-state index contributed by atoms with van der Waals surface area (Å²) in [6.07, 6.45) is 2.41. The minimum atomic E-state index is 0.226. The Morgan fingerprint density at radius 2 is 2.00 bits per heavy atom. The van der Waals surface area contributed by atoms with Crippen molar-refractivity contribution >= 4 is 28.4 Å². The van der Waals surface area contributed by atoms with Crippen molar-refractivity contribution in [1.29, 1.82) is 0 Å². The SMILES string of the molecule is COc1ccc(OC)c(Nc2nc(NCC3CCCO3)c3ccccc3n2)c1. The van der Waals surface area contributed by atoms with E-state index in [0.29, 0.717) is 11.7 Å². The molecule has 2 aromatic carbocycles. The molecule has 146 valence electrons. The number of nitrogens with one attached hydrogen (secondary N) is 2. The molecule has 1 aliphatic heterocycles. The molecule has 0 amide bonds. The van der Waals surface area contributed by atoms with Gasteiger partial charge in [-0.2, -0.15) is 4.98 Å². The van der Waals surface area contributed by atoms with Gasteiger partial charge in [0, 0.05) is 24.6 Å². The summed E-state index contributed by atoms with van der Waals surface area (Å²) in [7, 11) is 3.26. The summed E-state index contributed by atoms with van der Waals surface area (Å²) in [6.45, 7) is 1.56. The minimum absolute atomic E-state index is 0.226. The maximum Gasteiger partial charge on any atom is 0.229 e. The van der Waals surface area contributed by atoms with E-state index in [-0.39, 0.29) is 6.10 Å². The van der Waals surface area contributed by atoms with Crippen LogP contribution in [0.4, 0.5) is 17.5 Å². The zero-order chi connectivity index (χ0) is 19.3. The van der Waals surface area contributed by atoms with Crippen LogP contribution in [0, 0.1) is 0 Å². The number of rotatable bonds is 7. The molecule has 3 aromatic rings. The van der Waals surface area contributed by atoms with E-state index in [2.05, 4.69) is 15.6 Å². The van der Waals surface area contributed by atoms with E-state index in [1.165, 1.54) is 0 Å². The summed E-state index contributed by atoms with van der Waals surface area (Å²) in [5.74, 6) is 2.68. The Kier molecular flexibility index (Phi) is 5.43. The van der Waals surface area contributed by atoms with Crippen LogP contribution in [0.2, 0.25) is 0 Å². The predicted molar refractivity (Wildman–Crippen MR) is 110 cm³/mol. The normalized spacial score (nSPS) is 16.1. The molecule has 2 heterocycles. The van der Waals surface area contributed by atoms with E-state index in [1.807, 2.05) is 42.5 Å². The second-order valence-electron chi connectivity index (χ2n) is 6.62. The van der Waals surface area contributed by atoms with Gasteiger partial charge in [-0.3, -0.25) is 0 Å². The van der Waals surface area contributed by atoms with E-state index in [1.54, 1.807) is 14.2 Å². The highest BCUT2D eigenvalue weighted by atomic mass is 16.5. The molecule has 0 radical (unpaired) electrons. The number of anilines is 3. The zero-order valence-electron chi connectivity index (χ0n) is 16.1. The fourth-order valence-electron chi connectivity index (χ4n) is 3.32. The van der Waals surface area contributed by atoms with Gasteiger partial charge in [-0.25, -0.2) is 4.98 Å². The van der Waals surface area contributed by atoms with Crippen molar-refractivity contribution in [3.63, 3.8) is 0 Å². The molecule has 4 rings (SSSR count). The summed E-state index contributed by atoms with van der Waals surface area (Å²) in [4.78, 5) is 9.35. The van der Waals surface area contributed by atoms with Gasteiger partial charge in [0.25, 0.3) is 0 Å². The van der Waals surface area contributed by atoms with E-state index < -0.39 is 0 Å². The molecule has 1 atom stereocenters. The first-order valence-corrected chi connectivity index (χ1v) is 9.38. The van der Waals surface area contributed by atoms with Crippen molar-refractivity contribution in [2.45, 2.75) is 18.9 Å². The van der Waals surface area contributed by atoms with Gasteiger partial charge in [0.2, 0.25) is 5.95 Å². The lowest BCUT2D eigenvalue weighted by Gasteiger charge is -2.15. The average molecular weight is 380 g/mol. The molecule has 1 unspecified atom stereocenters. The van der Waals surface area contributed by atoms with Crippen LogP contribution in [0.15, 0.2) is 42.5 Å². The number of aromatic nitrogens is 2. The van der Waals surface area contributed by atoms with Crippen LogP contribution in [0.5, 0.6) is 11.5 Å². The lowest BCUT2D eigenvalue weighted by molar-refractivity contribution is 0.120. The highest BCUT2D eigenvalue weighted by molar-refractivity contribution is 5.90. The monoisotopic (exact) mass is 380 g/mol. The number of para-hydroxylation sites is 1. The Labute approximate surface area is 164 Å². The summed E-state index contributed by atoms with van der Waals surface area (Å²) >= 11 is 0. The minimum Gasteiger partial charge on any atom is -0.497 e. The average Bonchev–Trinajstić information content (AvgIpc) is 3.25. The Bertz CT molecular complexity index is 958. The number of hydrogen-bond donors (Lipinski definition) is 2. The molecule has 1 saturated heterocycles. The first-order valence-electron chi connectivity index (χ1n) is 9.38. The van der Waals surface area contributed by atoms with Gasteiger partial charge in [-0.1, -0.05) is 12.1 Å². The molecule has 0 aliphatic carbocycles. The van der Waals surface area contributed by atoms with Crippen LogP contribution in [0.3, 0.4) is 0 Å². The third-order valence-corrected chi connectivity index (χ3v) is 4.78. The van der Waals surface area contributed by atoms with Gasteiger partial charge in [0.15, 0.2) is 0 Å². The van der Waals surface area contributed by atoms with Crippen LogP contribution in [0.25, 0.3) is 10.9 Å². The number of benzene rings is 2. The van der Waals surface area contributed by atoms with E-state index in [4.69, 9.17) is 19.2 Å². The number of fused-ring (bicyclic) bond motifs is 1. The van der Waals surface area contributed by atoms with Gasteiger partial charge >= 0.3 is 0 Å². The maximum absolute atomic E-state index is 5.72. The number of ether oxygens (including phenoxy) is 3. The highest BCUT2D eigenvalue weighted by Gasteiger charge is 2.17. The standard InChI is InChI=1S/C21H24N4O3/c1-26-14-9-10-19(27-2)18(12-14)24-21-23-17-8-4-3-7-16(17)20(25-21)22-13-15-6-5-11-28-15/h3-4,7-10,12,15H,5-6,11,13H2,1-2H3,(H2,22,23,24,25). The van der Waals surface area contributed by atoms with Crippen molar-refractivity contribution in [2.75, 3.05) is 38.0 Å². The van der Waals surface area contributed by atoms with Crippen LogP contribution in [-0.2, 0) is 4.74 Å². The second kappa shape index (κ2) is 8.31. The molecule has 7 heteroatoms. The van der Waals surface area contributed by atoms with Crippen LogP contribution in [-0.4, -0.2) is 43.4 Å². The van der Waals surface area contributed by atoms with Crippen molar-refractivity contribution in [1.82, 2.24) is 9.97 Å². The molecular weight excluding hydrogens is 356 g/mol. The van der Waals surface area contributed by atoms with Crippen LogP contribution < -0.4 is 20.1 Å². The quantitative estimate of drug-likeness (QED) is 0.642. The number of nitrogens with zero attached hydrogens (tertiary/aromatic N) is 2. The van der Waals surface area contributed by atoms with Gasteiger partial charge in [-0.05, 0) is 37.1 Å². The summed E-state index contributed by atoms with van der Waals surface area (Å²) < 4.78 is 16.5. The molecule has 0 saturated carbocycles. The van der Waals surface area contributed by atoms with E-state index in [9.17, 15) is 0 Å². The molecule has 0 bridgehead atoms.